The van der Waals surface area contributed by atoms with Gasteiger partial charge in [-0.15, -0.1) is 0 Å². The van der Waals surface area contributed by atoms with Gasteiger partial charge in [0.2, 0.25) is 0 Å². The summed E-state index contributed by atoms with van der Waals surface area (Å²) in [7, 11) is 0. The summed E-state index contributed by atoms with van der Waals surface area (Å²) >= 11 is 0. The summed E-state index contributed by atoms with van der Waals surface area (Å²) in [6.45, 7) is 1.87. The topological polar surface area (TPSA) is 123 Å². The highest BCUT2D eigenvalue weighted by Gasteiger charge is 2.17. The van der Waals surface area contributed by atoms with Gasteiger partial charge in [-0.2, -0.15) is 0 Å². The van der Waals surface area contributed by atoms with Crippen LogP contribution in [0.5, 0.6) is 0 Å². The number of nitrogens with zero attached hydrogens (tertiary/aromatic N) is 1. The Balaban J connectivity index is 2.35. The van der Waals surface area contributed by atoms with E-state index >= 15 is 0 Å². The Kier molecular flexibility index (Phi) is 5.04. The second-order valence-electron chi connectivity index (χ2n) is 4.03. The molecule has 0 spiro atoms. The monoisotopic (exact) mass is 270 g/mol. The van der Waals surface area contributed by atoms with Gasteiger partial charge in [0.15, 0.2) is 5.76 Å². The number of nitro groups is 1. The van der Waals surface area contributed by atoms with Gasteiger partial charge >= 0.3 is 11.9 Å². The van der Waals surface area contributed by atoms with Gasteiger partial charge in [-0.3, -0.25) is 19.7 Å². The van der Waals surface area contributed by atoms with E-state index in [0.717, 1.165) is 6.07 Å². The molecule has 1 aromatic heterocycles. The van der Waals surface area contributed by atoms with Gasteiger partial charge in [-0.25, -0.2) is 0 Å². The van der Waals surface area contributed by atoms with Gasteiger partial charge in [0.25, 0.3) is 5.91 Å². The fraction of sp³-hybridized carbons (Fsp3) is 0.455. The number of rotatable bonds is 7. The van der Waals surface area contributed by atoms with Gasteiger partial charge < -0.3 is 14.8 Å². The van der Waals surface area contributed by atoms with Crippen LogP contribution in [0.4, 0.5) is 5.88 Å². The summed E-state index contributed by atoms with van der Waals surface area (Å²) in [6, 6.07) is 2.31. The molecule has 8 nitrogen and oxygen atoms in total. The number of carboxylic acid groups (broad SMARTS) is 1. The van der Waals surface area contributed by atoms with Crippen molar-refractivity contribution in [2.75, 3.05) is 6.54 Å². The lowest BCUT2D eigenvalue weighted by atomic mass is 10.1. The average Bonchev–Trinajstić information content (AvgIpc) is 2.83. The molecular weight excluding hydrogens is 256 g/mol. The number of nitrogens with one attached hydrogen (secondary N) is 1. The lowest BCUT2D eigenvalue weighted by Gasteiger charge is -2.06. The van der Waals surface area contributed by atoms with Crippen LogP contribution < -0.4 is 5.32 Å². The first-order valence-corrected chi connectivity index (χ1v) is 5.67. The zero-order valence-corrected chi connectivity index (χ0v) is 10.3. The molecule has 0 bridgehead atoms. The summed E-state index contributed by atoms with van der Waals surface area (Å²) < 4.78 is 4.72. The van der Waals surface area contributed by atoms with Crippen molar-refractivity contribution in [1.29, 1.82) is 0 Å². The standard InChI is InChI=1S/C11H14N2O6/c1-7(11(15)16)3-2-6-12-10(14)8-4-5-9(19-8)13(17)18/h4-5,7H,2-3,6H2,1H3,(H,12,14)(H,15,16). The summed E-state index contributed by atoms with van der Waals surface area (Å²) in [5.74, 6) is -2.55. The minimum absolute atomic E-state index is 0.141. The number of hydrogen-bond acceptors (Lipinski definition) is 5. The maximum atomic E-state index is 11.5. The van der Waals surface area contributed by atoms with Crippen LogP contribution in [0.2, 0.25) is 0 Å². The number of carbonyl (C=O) groups excluding carboxylic acids is 1. The average molecular weight is 270 g/mol. The van der Waals surface area contributed by atoms with E-state index in [2.05, 4.69) is 5.32 Å². The third kappa shape index (κ3) is 4.41. The second kappa shape index (κ2) is 6.53. The van der Waals surface area contributed by atoms with E-state index < -0.39 is 28.6 Å². The van der Waals surface area contributed by atoms with Gasteiger partial charge in [-0.1, -0.05) is 6.92 Å². The minimum Gasteiger partial charge on any atom is -0.481 e. The Labute approximate surface area is 108 Å². The van der Waals surface area contributed by atoms with E-state index in [1.807, 2.05) is 0 Å². The number of hydrogen-bond donors (Lipinski definition) is 2. The summed E-state index contributed by atoms with van der Waals surface area (Å²) in [5.41, 5.74) is 0. The van der Waals surface area contributed by atoms with Crippen molar-refractivity contribution in [1.82, 2.24) is 5.32 Å². The van der Waals surface area contributed by atoms with Gasteiger partial charge in [0.05, 0.1) is 12.0 Å². The van der Waals surface area contributed by atoms with Crippen molar-refractivity contribution in [2.45, 2.75) is 19.8 Å². The summed E-state index contributed by atoms with van der Waals surface area (Å²) in [6.07, 6.45) is 0.940. The van der Waals surface area contributed by atoms with E-state index in [1.54, 1.807) is 6.92 Å². The molecule has 0 saturated carbocycles. The lowest BCUT2D eigenvalue weighted by molar-refractivity contribution is -0.402. The predicted molar refractivity (Wildman–Crippen MR) is 63.7 cm³/mol. The summed E-state index contributed by atoms with van der Waals surface area (Å²) in [4.78, 5) is 31.7. The maximum absolute atomic E-state index is 11.5. The molecule has 0 aliphatic heterocycles. The molecule has 0 aliphatic rings. The third-order valence-electron chi connectivity index (χ3n) is 2.52. The van der Waals surface area contributed by atoms with Crippen molar-refractivity contribution < 1.29 is 24.0 Å². The zero-order chi connectivity index (χ0) is 14.4. The van der Waals surface area contributed by atoms with Gasteiger partial charge in [-0.05, 0) is 18.9 Å². The van der Waals surface area contributed by atoms with Crippen LogP contribution >= 0.6 is 0 Å². The Morgan fingerprint density at radius 1 is 1.53 bits per heavy atom. The predicted octanol–water partition coefficient (Wildman–Crippen LogP) is 1.42. The molecule has 1 aromatic rings. The second-order valence-corrected chi connectivity index (χ2v) is 4.03. The van der Waals surface area contributed by atoms with Crippen molar-refractivity contribution in [2.24, 2.45) is 5.92 Å². The van der Waals surface area contributed by atoms with Crippen LogP contribution in [0.25, 0.3) is 0 Å². The van der Waals surface area contributed by atoms with Crippen LogP contribution in [0.3, 0.4) is 0 Å². The van der Waals surface area contributed by atoms with Gasteiger partial charge in [0.1, 0.15) is 4.92 Å². The first kappa shape index (κ1) is 14.7. The minimum atomic E-state index is -0.881. The molecule has 1 atom stereocenters. The van der Waals surface area contributed by atoms with E-state index in [-0.39, 0.29) is 12.3 Å². The van der Waals surface area contributed by atoms with Gasteiger partial charge in [0, 0.05) is 6.54 Å². The Morgan fingerprint density at radius 3 is 2.74 bits per heavy atom. The highest BCUT2D eigenvalue weighted by Crippen LogP contribution is 2.15. The molecule has 1 unspecified atom stereocenters. The van der Waals surface area contributed by atoms with Crippen molar-refractivity contribution in [3.63, 3.8) is 0 Å². The molecule has 0 aliphatic carbocycles. The lowest BCUT2D eigenvalue weighted by Crippen LogP contribution is -2.24. The molecule has 0 radical (unpaired) electrons. The third-order valence-corrected chi connectivity index (χ3v) is 2.52. The molecule has 2 N–H and O–H groups in total. The number of amides is 1. The maximum Gasteiger partial charge on any atom is 0.433 e. The largest absolute Gasteiger partial charge is 0.481 e. The fourth-order valence-electron chi connectivity index (χ4n) is 1.37. The molecule has 19 heavy (non-hydrogen) atoms. The Bertz CT molecular complexity index is 481. The molecule has 8 heteroatoms. The molecule has 104 valence electrons. The van der Waals surface area contributed by atoms with E-state index in [0.29, 0.717) is 12.8 Å². The molecule has 1 heterocycles. The van der Waals surface area contributed by atoms with Crippen molar-refractivity contribution in [3.05, 3.63) is 28.0 Å². The molecule has 0 fully saturated rings. The Morgan fingerprint density at radius 2 is 2.21 bits per heavy atom. The molecule has 1 rings (SSSR count). The van der Waals surface area contributed by atoms with Crippen LogP contribution in [0.15, 0.2) is 16.5 Å². The smallest absolute Gasteiger partial charge is 0.433 e. The fourth-order valence-corrected chi connectivity index (χ4v) is 1.37. The molecular formula is C11H14N2O6. The van der Waals surface area contributed by atoms with Crippen molar-refractivity contribution >= 4 is 17.8 Å². The molecule has 0 aromatic carbocycles. The number of aliphatic carboxylic acids is 1. The van der Waals surface area contributed by atoms with E-state index in [1.165, 1.54) is 6.07 Å². The first-order chi connectivity index (χ1) is 8.91. The van der Waals surface area contributed by atoms with Crippen LogP contribution in [0.1, 0.15) is 30.3 Å². The quantitative estimate of drug-likeness (QED) is 0.438. The highest BCUT2D eigenvalue weighted by atomic mass is 16.6. The normalized spacial score (nSPS) is 11.8. The van der Waals surface area contributed by atoms with E-state index in [4.69, 9.17) is 9.52 Å². The highest BCUT2D eigenvalue weighted by molar-refractivity contribution is 5.91. The van der Waals surface area contributed by atoms with Crippen LogP contribution in [-0.2, 0) is 4.79 Å². The van der Waals surface area contributed by atoms with E-state index in [9.17, 15) is 19.7 Å². The first-order valence-electron chi connectivity index (χ1n) is 5.67. The zero-order valence-electron chi connectivity index (χ0n) is 10.3. The van der Waals surface area contributed by atoms with Crippen molar-refractivity contribution in [3.8, 4) is 0 Å². The number of carboxylic acids is 1. The Hall–Kier alpha value is -2.38. The molecule has 0 saturated heterocycles. The summed E-state index contributed by atoms with van der Waals surface area (Å²) in [5, 5.41) is 21.5. The molecule has 1 amide bonds. The SMILES string of the molecule is CC(CCCNC(=O)c1ccc([N+](=O)[O-])o1)C(=O)O. The van der Waals surface area contributed by atoms with Crippen LogP contribution in [0, 0.1) is 16.0 Å². The van der Waals surface area contributed by atoms with Crippen LogP contribution in [-0.4, -0.2) is 28.5 Å². The number of furan rings is 1. The number of carbonyl (C=O) groups is 2.